The number of hydrogen-bond donors (Lipinski definition) is 2. The van der Waals surface area contributed by atoms with Crippen LogP contribution >= 0.6 is 0 Å². The largest absolute Gasteiger partial charge is 0.478 e. The van der Waals surface area contributed by atoms with Crippen LogP contribution in [0.4, 0.5) is 5.69 Å². The fourth-order valence-electron chi connectivity index (χ4n) is 2.29. The van der Waals surface area contributed by atoms with Gasteiger partial charge >= 0.3 is 11.9 Å². The highest BCUT2D eigenvalue weighted by molar-refractivity contribution is 7.84. The Balaban J connectivity index is 1.96. The molecule has 0 aliphatic rings. The van der Waals surface area contributed by atoms with E-state index in [1.54, 1.807) is 37.3 Å². The summed E-state index contributed by atoms with van der Waals surface area (Å²) in [6.07, 6.45) is 0. The Labute approximate surface area is 158 Å². The number of para-hydroxylation sites is 1. The predicted molar refractivity (Wildman–Crippen MR) is 101 cm³/mol. The summed E-state index contributed by atoms with van der Waals surface area (Å²) in [5.41, 5.74) is 1.32. The van der Waals surface area contributed by atoms with E-state index in [2.05, 4.69) is 5.32 Å². The van der Waals surface area contributed by atoms with Crippen molar-refractivity contribution >= 4 is 34.3 Å². The molecule has 0 radical (unpaired) electrons. The zero-order chi connectivity index (χ0) is 19.8. The Morgan fingerprint density at radius 3 is 2.37 bits per heavy atom. The van der Waals surface area contributed by atoms with Gasteiger partial charge in [-0.15, -0.1) is 0 Å². The maximum Gasteiger partial charge on any atom is 0.340 e. The molecule has 0 saturated carbocycles. The van der Waals surface area contributed by atoms with E-state index in [4.69, 9.17) is 9.84 Å². The molecule has 2 aromatic carbocycles. The monoisotopic (exact) mass is 389 g/mol. The Morgan fingerprint density at radius 1 is 1.07 bits per heavy atom. The average molecular weight is 389 g/mol. The summed E-state index contributed by atoms with van der Waals surface area (Å²) in [5.74, 6) is -2.22. The van der Waals surface area contributed by atoms with Crippen LogP contribution in [0.2, 0.25) is 0 Å². The number of nitrogens with one attached hydrogen (secondary N) is 1. The first-order valence-corrected chi connectivity index (χ1v) is 9.62. The van der Waals surface area contributed by atoms with Gasteiger partial charge in [0.1, 0.15) is 5.75 Å². The molecular weight excluding hydrogens is 370 g/mol. The van der Waals surface area contributed by atoms with Gasteiger partial charge in [0, 0.05) is 16.6 Å². The second-order valence-electron chi connectivity index (χ2n) is 5.54. The van der Waals surface area contributed by atoms with E-state index >= 15 is 0 Å². The molecule has 142 valence electrons. The van der Waals surface area contributed by atoms with Crippen molar-refractivity contribution < 1.29 is 28.4 Å². The molecule has 0 aliphatic carbocycles. The molecule has 0 bridgehead atoms. The number of carbonyl (C=O) groups is 3. The Hall–Kier alpha value is -3.00. The molecule has 27 heavy (non-hydrogen) atoms. The number of anilines is 1. The van der Waals surface area contributed by atoms with Crippen LogP contribution in [-0.4, -0.2) is 39.5 Å². The van der Waals surface area contributed by atoms with Crippen LogP contribution in [-0.2, 0) is 26.1 Å². The summed E-state index contributed by atoms with van der Waals surface area (Å²) in [7, 11) is -1.49. The number of esters is 1. The van der Waals surface area contributed by atoms with Crippen molar-refractivity contribution in [2.75, 3.05) is 17.7 Å². The highest BCUT2D eigenvalue weighted by atomic mass is 32.2. The van der Waals surface area contributed by atoms with Gasteiger partial charge in [-0.05, 0) is 36.8 Å². The van der Waals surface area contributed by atoms with E-state index in [0.29, 0.717) is 11.3 Å². The summed E-state index contributed by atoms with van der Waals surface area (Å²) in [5, 5.41) is 11.4. The first kappa shape index (κ1) is 20.3. The van der Waals surface area contributed by atoms with Crippen LogP contribution in [0.5, 0.6) is 0 Å². The van der Waals surface area contributed by atoms with Crippen molar-refractivity contribution in [3.63, 3.8) is 0 Å². The summed E-state index contributed by atoms with van der Waals surface area (Å²) in [6.45, 7) is 1.90. The molecular formula is C19H19NO6S. The number of carboxylic acid groups (broad SMARTS) is 1. The Bertz CT molecular complexity index is 863. The molecule has 0 aliphatic heterocycles. The summed E-state index contributed by atoms with van der Waals surface area (Å²) >= 11 is 0. The molecule has 0 saturated heterocycles. The van der Waals surface area contributed by atoms with Gasteiger partial charge in [-0.3, -0.25) is 9.00 Å². The Kier molecular flexibility index (Phi) is 7.25. The number of benzene rings is 2. The normalized spacial score (nSPS) is 11.4. The molecule has 7 nitrogen and oxygen atoms in total. The van der Waals surface area contributed by atoms with Crippen LogP contribution in [0.15, 0.2) is 48.5 Å². The first-order chi connectivity index (χ1) is 12.9. The summed E-state index contributed by atoms with van der Waals surface area (Å²) in [4.78, 5) is 34.9. The number of carbonyl (C=O) groups excluding carboxylic acids is 2. The van der Waals surface area contributed by atoms with Gasteiger partial charge in [-0.2, -0.15) is 0 Å². The van der Waals surface area contributed by atoms with Gasteiger partial charge in [0.2, 0.25) is 5.91 Å². The van der Waals surface area contributed by atoms with Crippen LogP contribution in [0.3, 0.4) is 0 Å². The van der Waals surface area contributed by atoms with E-state index in [-0.39, 0.29) is 29.2 Å². The number of ether oxygens (including phenoxy) is 1. The van der Waals surface area contributed by atoms with Crippen LogP contribution in [0.1, 0.15) is 33.2 Å². The summed E-state index contributed by atoms with van der Waals surface area (Å²) < 4.78 is 17.1. The molecule has 1 unspecified atom stereocenters. The average Bonchev–Trinajstić information content (AvgIpc) is 2.62. The van der Waals surface area contributed by atoms with Gasteiger partial charge in [-0.25, -0.2) is 9.59 Å². The molecule has 8 heteroatoms. The van der Waals surface area contributed by atoms with Crippen molar-refractivity contribution in [3.05, 3.63) is 65.2 Å². The molecule has 0 fully saturated rings. The number of amides is 1. The zero-order valence-electron chi connectivity index (χ0n) is 14.6. The van der Waals surface area contributed by atoms with Crippen LogP contribution in [0.25, 0.3) is 0 Å². The fraction of sp³-hybridized carbons (Fsp3) is 0.211. The predicted octanol–water partition coefficient (Wildman–Crippen LogP) is 2.45. The fourth-order valence-corrected chi connectivity index (χ4v) is 3.32. The maximum absolute atomic E-state index is 12.2. The van der Waals surface area contributed by atoms with E-state index in [1.165, 1.54) is 18.2 Å². The van der Waals surface area contributed by atoms with Crippen molar-refractivity contribution in [3.8, 4) is 0 Å². The highest BCUT2D eigenvalue weighted by Crippen LogP contribution is 2.16. The third kappa shape index (κ3) is 6.03. The lowest BCUT2D eigenvalue weighted by Gasteiger charge is -2.10. The van der Waals surface area contributed by atoms with E-state index in [0.717, 1.165) is 0 Å². The smallest absolute Gasteiger partial charge is 0.340 e. The molecule has 0 heterocycles. The molecule has 1 amide bonds. The van der Waals surface area contributed by atoms with Gasteiger partial charge < -0.3 is 15.2 Å². The minimum absolute atomic E-state index is 0.118. The Morgan fingerprint density at radius 2 is 1.74 bits per heavy atom. The molecule has 0 aromatic heterocycles. The lowest BCUT2D eigenvalue weighted by molar-refractivity contribution is -0.113. The second-order valence-corrected chi connectivity index (χ2v) is 7.00. The number of hydrogen-bond acceptors (Lipinski definition) is 5. The third-order valence-electron chi connectivity index (χ3n) is 3.52. The number of rotatable bonds is 8. The van der Waals surface area contributed by atoms with Crippen LogP contribution in [0, 0.1) is 0 Å². The third-order valence-corrected chi connectivity index (χ3v) is 4.76. The lowest BCUT2D eigenvalue weighted by atomic mass is 10.1. The number of carboxylic acids is 1. The quantitative estimate of drug-likeness (QED) is 0.671. The molecule has 1 atom stereocenters. The standard InChI is InChI=1S/C19H19NO6S/c1-2-26-19(24)15-5-3-4-6-16(15)20-17(21)12-27(25)11-13-7-9-14(10-8-13)18(22)23/h3-10H,2,11-12H2,1H3,(H,20,21)(H,22,23). The van der Waals surface area contributed by atoms with Gasteiger partial charge in [0.25, 0.3) is 0 Å². The lowest BCUT2D eigenvalue weighted by Crippen LogP contribution is -2.22. The van der Waals surface area contributed by atoms with E-state index in [9.17, 15) is 18.6 Å². The zero-order valence-corrected chi connectivity index (χ0v) is 15.5. The van der Waals surface area contributed by atoms with Crippen LogP contribution < -0.4 is 5.32 Å². The van der Waals surface area contributed by atoms with Gasteiger partial charge in [0.15, 0.2) is 0 Å². The van der Waals surface area contributed by atoms with Crippen molar-refractivity contribution in [2.24, 2.45) is 0 Å². The van der Waals surface area contributed by atoms with Crippen molar-refractivity contribution in [2.45, 2.75) is 12.7 Å². The minimum Gasteiger partial charge on any atom is -0.478 e. The van der Waals surface area contributed by atoms with Crippen molar-refractivity contribution in [1.82, 2.24) is 0 Å². The molecule has 2 aromatic rings. The second kappa shape index (κ2) is 9.63. The molecule has 0 spiro atoms. The molecule has 2 rings (SSSR count). The maximum atomic E-state index is 12.2. The van der Waals surface area contributed by atoms with E-state index in [1.807, 2.05) is 0 Å². The highest BCUT2D eigenvalue weighted by Gasteiger charge is 2.15. The number of aromatic carboxylic acids is 1. The van der Waals surface area contributed by atoms with E-state index < -0.39 is 28.6 Å². The van der Waals surface area contributed by atoms with Gasteiger partial charge in [-0.1, -0.05) is 24.3 Å². The SMILES string of the molecule is CCOC(=O)c1ccccc1NC(=O)CS(=O)Cc1ccc(C(=O)O)cc1. The minimum atomic E-state index is -1.49. The van der Waals surface area contributed by atoms with Crippen molar-refractivity contribution in [1.29, 1.82) is 0 Å². The summed E-state index contributed by atoms with van der Waals surface area (Å²) in [6, 6.07) is 12.4. The first-order valence-electron chi connectivity index (χ1n) is 8.14. The molecule has 2 N–H and O–H groups in total. The topological polar surface area (TPSA) is 110 Å². The van der Waals surface area contributed by atoms with Gasteiger partial charge in [0.05, 0.1) is 23.4 Å².